The lowest BCUT2D eigenvalue weighted by Gasteiger charge is -2.21. The minimum absolute atomic E-state index is 0.148. The van der Waals surface area contributed by atoms with Crippen LogP contribution in [0.2, 0.25) is 0 Å². The van der Waals surface area contributed by atoms with Crippen LogP contribution >= 0.6 is 0 Å². The average Bonchev–Trinajstić information content (AvgIpc) is 2.44. The minimum Gasteiger partial charge on any atom is -0.371 e. The third-order valence-electron chi connectivity index (χ3n) is 2.92. The second-order valence-corrected chi connectivity index (χ2v) is 3.82. The van der Waals surface area contributed by atoms with Gasteiger partial charge in [0.2, 0.25) is 0 Å². The molecular weight excluding hydrogens is 179 g/mol. The van der Waals surface area contributed by atoms with Crippen LogP contribution in [0.3, 0.4) is 0 Å². The highest BCUT2D eigenvalue weighted by molar-refractivity contribution is 5.58. The van der Waals surface area contributed by atoms with E-state index in [1.54, 1.807) is 6.07 Å². The van der Waals surface area contributed by atoms with Crippen molar-refractivity contribution in [2.24, 2.45) is 5.73 Å². The summed E-state index contributed by atoms with van der Waals surface area (Å²) in [6.07, 6.45) is 1.88. The van der Waals surface area contributed by atoms with E-state index in [9.17, 15) is 4.39 Å². The first-order valence-corrected chi connectivity index (χ1v) is 4.93. The molecule has 2 nitrogen and oxygen atoms in total. The zero-order valence-electron chi connectivity index (χ0n) is 8.33. The molecule has 0 amide bonds. The van der Waals surface area contributed by atoms with Gasteiger partial charge in [-0.25, -0.2) is 4.39 Å². The number of benzene rings is 1. The smallest absolute Gasteiger partial charge is 0.123 e. The van der Waals surface area contributed by atoms with E-state index in [0.717, 1.165) is 24.1 Å². The number of anilines is 1. The van der Waals surface area contributed by atoms with E-state index in [2.05, 4.69) is 4.90 Å². The summed E-state index contributed by atoms with van der Waals surface area (Å²) in [4.78, 5) is 2.20. The Bertz CT molecular complexity index is 338. The van der Waals surface area contributed by atoms with Gasteiger partial charge in [0.05, 0.1) is 0 Å². The number of fused-ring (bicyclic) bond motifs is 1. The number of hydrogen-bond donors (Lipinski definition) is 1. The molecule has 1 atom stereocenters. The molecule has 1 aliphatic heterocycles. The molecule has 1 aromatic carbocycles. The van der Waals surface area contributed by atoms with Crippen molar-refractivity contribution in [2.75, 3.05) is 18.5 Å². The standard InChI is InChI=1S/C11H15FN2/c1-14-10(4-5-13)7-8-6-9(12)2-3-11(8)14/h2-3,6,10H,4-5,7,13H2,1H3. The summed E-state index contributed by atoms with van der Waals surface area (Å²) in [6, 6.07) is 5.43. The summed E-state index contributed by atoms with van der Waals surface area (Å²) in [7, 11) is 2.05. The summed E-state index contributed by atoms with van der Waals surface area (Å²) in [5, 5.41) is 0. The van der Waals surface area contributed by atoms with E-state index >= 15 is 0 Å². The lowest BCUT2D eigenvalue weighted by atomic mass is 10.1. The molecule has 0 fully saturated rings. The Balaban J connectivity index is 2.26. The van der Waals surface area contributed by atoms with Crippen molar-refractivity contribution in [1.82, 2.24) is 0 Å². The monoisotopic (exact) mass is 194 g/mol. The first kappa shape index (κ1) is 9.46. The van der Waals surface area contributed by atoms with Gasteiger partial charge in [0.25, 0.3) is 0 Å². The molecule has 0 aliphatic carbocycles. The lowest BCUT2D eigenvalue weighted by Crippen LogP contribution is -2.29. The van der Waals surface area contributed by atoms with Gasteiger partial charge in [-0.1, -0.05) is 0 Å². The normalized spacial score (nSPS) is 19.9. The number of likely N-dealkylation sites (N-methyl/N-ethyl adjacent to an activating group) is 1. The fraction of sp³-hybridized carbons (Fsp3) is 0.455. The highest BCUT2D eigenvalue weighted by Gasteiger charge is 2.25. The van der Waals surface area contributed by atoms with Crippen LogP contribution in [-0.2, 0) is 6.42 Å². The van der Waals surface area contributed by atoms with Crippen LogP contribution in [0.5, 0.6) is 0 Å². The molecule has 0 saturated heterocycles. The topological polar surface area (TPSA) is 29.3 Å². The Morgan fingerprint density at radius 2 is 2.36 bits per heavy atom. The van der Waals surface area contributed by atoms with Gasteiger partial charge in [-0.05, 0) is 43.1 Å². The SMILES string of the molecule is CN1c2ccc(F)cc2CC1CCN. The average molecular weight is 194 g/mol. The number of rotatable bonds is 2. The largest absolute Gasteiger partial charge is 0.371 e. The first-order chi connectivity index (χ1) is 6.72. The fourth-order valence-corrected chi connectivity index (χ4v) is 2.14. The summed E-state index contributed by atoms with van der Waals surface area (Å²) < 4.78 is 13.0. The van der Waals surface area contributed by atoms with Gasteiger partial charge < -0.3 is 10.6 Å². The maximum Gasteiger partial charge on any atom is 0.123 e. The van der Waals surface area contributed by atoms with Crippen molar-refractivity contribution >= 4 is 5.69 Å². The molecule has 76 valence electrons. The zero-order valence-corrected chi connectivity index (χ0v) is 8.33. The predicted octanol–water partition coefficient (Wildman–Crippen LogP) is 1.54. The maximum absolute atomic E-state index is 13.0. The molecule has 14 heavy (non-hydrogen) atoms. The molecule has 1 aliphatic rings. The van der Waals surface area contributed by atoms with Crippen molar-refractivity contribution < 1.29 is 4.39 Å². The van der Waals surface area contributed by atoms with Crippen LogP contribution in [0.1, 0.15) is 12.0 Å². The van der Waals surface area contributed by atoms with Gasteiger partial charge >= 0.3 is 0 Å². The molecule has 2 rings (SSSR count). The van der Waals surface area contributed by atoms with Crippen molar-refractivity contribution in [3.05, 3.63) is 29.6 Å². The molecule has 2 N–H and O–H groups in total. The molecule has 3 heteroatoms. The minimum atomic E-state index is -0.148. The molecule has 0 aromatic heterocycles. The van der Waals surface area contributed by atoms with E-state index < -0.39 is 0 Å². The van der Waals surface area contributed by atoms with E-state index in [1.165, 1.54) is 6.07 Å². The summed E-state index contributed by atoms with van der Waals surface area (Å²) in [5.41, 5.74) is 7.78. The second kappa shape index (κ2) is 3.58. The van der Waals surface area contributed by atoms with Gasteiger partial charge in [-0.15, -0.1) is 0 Å². The van der Waals surface area contributed by atoms with Crippen LogP contribution < -0.4 is 10.6 Å². The molecule has 0 radical (unpaired) electrons. The fourth-order valence-electron chi connectivity index (χ4n) is 2.14. The van der Waals surface area contributed by atoms with Gasteiger partial charge in [0.15, 0.2) is 0 Å². The van der Waals surface area contributed by atoms with E-state index in [0.29, 0.717) is 12.6 Å². The van der Waals surface area contributed by atoms with Gasteiger partial charge in [-0.2, -0.15) is 0 Å². The van der Waals surface area contributed by atoms with Crippen LogP contribution in [-0.4, -0.2) is 19.6 Å². The number of nitrogens with two attached hydrogens (primary N) is 1. The van der Waals surface area contributed by atoms with Crippen LogP contribution in [0.15, 0.2) is 18.2 Å². The molecule has 1 aromatic rings. The zero-order chi connectivity index (χ0) is 10.1. The summed E-state index contributed by atoms with van der Waals surface area (Å²) in [5.74, 6) is -0.148. The predicted molar refractivity (Wildman–Crippen MR) is 56.0 cm³/mol. The quantitative estimate of drug-likeness (QED) is 0.773. The molecule has 1 heterocycles. The van der Waals surface area contributed by atoms with E-state index in [1.807, 2.05) is 13.1 Å². The first-order valence-electron chi connectivity index (χ1n) is 4.93. The third kappa shape index (κ3) is 1.48. The second-order valence-electron chi connectivity index (χ2n) is 3.82. The van der Waals surface area contributed by atoms with E-state index in [-0.39, 0.29) is 5.82 Å². The van der Waals surface area contributed by atoms with Gasteiger partial charge in [0, 0.05) is 18.8 Å². The lowest BCUT2D eigenvalue weighted by molar-refractivity contribution is 0.612. The summed E-state index contributed by atoms with van der Waals surface area (Å²) in [6.45, 7) is 0.686. The highest BCUT2D eigenvalue weighted by Crippen LogP contribution is 2.32. The van der Waals surface area contributed by atoms with Gasteiger partial charge in [-0.3, -0.25) is 0 Å². The van der Waals surface area contributed by atoms with Crippen molar-refractivity contribution in [3.8, 4) is 0 Å². The Morgan fingerprint density at radius 3 is 3.07 bits per heavy atom. The highest BCUT2D eigenvalue weighted by atomic mass is 19.1. The molecule has 1 unspecified atom stereocenters. The van der Waals surface area contributed by atoms with Crippen LogP contribution in [0.25, 0.3) is 0 Å². The molecule has 0 bridgehead atoms. The molecule has 0 spiro atoms. The Kier molecular flexibility index (Phi) is 2.42. The van der Waals surface area contributed by atoms with Crippen LogP contribution in [0, 0.1) is 5.82 Å². The van der Waals surface area contributed by atoms with Crippen molar-refractivity contribution in [2.45, 2.75) is 18.9 Å². The Morgan fingerprint density at radius 1 is 1.57 bits per heavy atom. The van der Waals surface area contributed by atoms with E-state index in [4.69, 9.17) is 5.73 Å². The molecular formula is C11H15FN2. The van der Waals surface area contributed by atoms with Gasteiger partial charge in [0.1, 0.15) is 5.82 Å². The maximum atomic E-state index is 13.0. The number of hydrogen-bond acceptors (Lipinski definition) is 2. The Labute approximate surface area is 83.5 Å². The third-order valence-corrected chi connectivity index (χ3v) is 2.92. The summed E-state index contributed by atoms with van der Waals surface area (Å²) >= 11 is 0. The molecule has 0 saturated carbocycles. The Hall–Kier alpha value is -1.09. The van der Waals surface area contributed by atoms with Crippen molar-refractivity contribution in [3.63, 3.8) is 0 Å². The number of nitrogens with zero attached hydrogens (tertiary/aromatic N) is 1. The van der Waals surface area contributed by atoms with Crippen molar-refractivity contribution in [1.29, 1.82) is 0 Å². The number of halogens is 1. The van der Waals surface area contributed by atoms with Crippen LogP contribution in [0.4, 0.5) is 10.1 Å².